The third kappa shape index (κ3) is 2.41. The zero-order valence-corrected chi connectivity index (χ0v) is 13.1. The van der Waals surface area contributed by atoms with Crippen molar-refractivity contribution in [1.82, 2.24) is 9.47 Å². The van der Waals surface area contributed by atoms with Crippen LogP contribution in [0.1, 0.15) is 12.8 Å². The van der Waals surface area contributed by atoms with E-state index in [2.05, 4.69) is 63.8 Å². The summed E-state index contributed by atoms with van der Waals surface area (Å²) in [5, 5.41) is 5.71. The van der Waals surface area contributed by atoms with Gasteiger partial charge in [0.05, 0.1) is 0 Å². The van der Waals surface area contributed by atoms with Crippen LogP contribution in [0, 0.1) is 0 Å². The molecule has 1 aromatic carbocycles. The highest BCUT2D eigenvalue weighted by Gasteiger charge is 2.21. The first-order chi connectivity index (χ1) is 10.3. The van der Waals surface area contributed by atoms with Crippen molar-refractivity contribution in [2.24, 2.45) is 0 Å². The number of hydrogen-bond donors (Lipinski definition) is 0. The minimum Gasteiger partial charge on any atom is -0.346 e. The number of fused-ring (bicyclic) bond motifs is 1. The number of nitrogens with zero attached hydrogens (tertiary/aromatic N) is 2. The summed E-state index contributed by atoms with van der Waals surface area (Å²) in [5.74, 6) is 0. The average molecular weight is 296 g/mol. The molecule has 21 heavy (non-hydrogen) atoms. The van der Waals surface area contributed by atoms with Crippen molar-refractivity contribution in [2.75, 3.05) is 13.6 Å². The van der Waals surface area contributed by atoms with Gasteiger partial charge in [-0.05, 0) is 71.9 Å². The third-order valence-corrected chi connectivity index (χ3v) is 5.39. The lowest BCUT2D eigenvalue weighted by Gasteiger charge is -2.20. The molecule has 108 valence electrons. The summed E-state index contributed by atoms with van der Waals surface area (Å²) in [4.78, 5) is 2.49. The maximum atomic E-state index is 2.49. The van der Waals surface area contributed by atoms with Crippen LogP contribution in [-0.2, 0) is 6.54 Å². The second kappa shape index (κ2) is 5.32. The van der Waals surface area contributed by atoms with Gasteiger partial charge in [0.1, 0.15) is 0 Å². The molecule has 3 aromatic rings. The summed E-state index contributed by atoms with van der Waals surface area (Å²) in [6.07, 6.45) is 4.90. The van der Waals surface area contributed by atoms with Gasteiger partial charge in [-0.3, -0.25) is 0 Å². The molecule has 1 saturated heterocycles. The van der Waals surface area contributed by atoms with Gasteiger partial charge < -0.3 is 9.47 Å². The standard InChI is InChI=1S/C18H20N2S/c1-19-8-2-3-17(19)12-20-9-6-14-4-5-15(11-18(14)20)16-7-10-21-13-16/h4-7,9-11,13,17H,2-3,8,12H2,1H3/t17-/m1/s1. The maximum absolute atomic E-state index is 2.49. The Morgan fingerprint density at radius 3 is 2.90 bits per heavy atom. The molecule has 4 rings (SSSR count). The number of likely N-dealkylation sites (tertiary alicyclic amines) is 1. The zero-order valence-electron chi connectivity index (χ0n) is 12.3. The Kier molecular flexibility index (Phi) is 3.32. The molecule has 0 bridgehead atoms. The molecule has 2 nitrogen and oxygen atoms in total. The Bertz CT molecular complexity index is 742. The second-order valence-corrected chi connectivity index (χ2v) is 6.81. The Morgan fingerprint density at radius 2 is 2.14 bits per heavy atom. The van der Waals surface area contributed by atoms with Crippen LogP contribution in [0.5, 0.6) is 0 Å². The molecule has 0 saturated carbocycles. The number of hydrogen-bond acceptors (Lipinski definition) is 2. The summed E-state index contributed by atoms with van der Waals surface area (Å²) in [6.45, 7) is 2.34. The van der Waals surface area contributed by atoms with E-state index in [9.17, 15) is 0 Å². The number of thiophene rings is 1. The summed E-state index contributed by atoms with van der Waals surface area (Å²) in [6, 6.07) is 11.9. The van der Waals surface area contributed by atoms with Gasteiger partial charge in [-0.15, -0.1) is 0 Å². The van der Waals surface area contributed by atoms with Gasteiger partial charge in [-0.25, -0.2) is 0 Å². The molecule has 0 N–H and O–H groups in total. The highest BCUT2D eigenvalue weighted by atomic mass is 32.1. The molecule has 0 spiro atoms. The van der Waals surface area contributed by atoms with Crippen LogP contribution in [0.4, 0.5) is 0 Å². The van der Waals surface area contributed by atoms with E-state index in [0.717, 1.165) is 6.54 Å². The molecule has 3 heterocycles. The lowest BCUT2D eigenvalue weighted by Crippen LogP contribution is -2.28. The van der Waals surface area contributed by atoms with Crippen LogP contribution in [0.25, 0.3) is 22.0 Å². The van der Waals surface area contributed by atoms with Gasteiger partial charge in [0.25, 0.3) is 0 Å². The van der Waals surface area contributed by atoms with Crippen LogP contribution in [-0.4, -0.2) is 29.1 Å². The number of aromatic nitrogens is 1. The van der Waals surface area contributed by atoms with Crippen molar-refractivity contribution in [3.05, 3.63) is 47.3 Å². The lowest BCUT2D eigenvalue weighted by molar-refractivity contribution is 0.284. The molecule has 0 aliphatic carbocycles. The van der Waals surface area contributed by atoms with Crippen molar-refractivity contribution >= 4 is 22.2 Å². The van der Waals surface area contributed by atoms with Gasteiger partial charge in [0.15, 0.2) is 0 Å². The second-order valence-electron chi connectivity index (χ2n) is 6.03. The SMILES string of the molecule is CN1CCC[C@@H]1Cn1ccc2ccc(-c3ccsc3)cc21. The first-order valence-electron chi connectivity index (χ1n) is 7.63. The topological polar surface area (TPSA) is 8.17 Å². The van der Waals surface area contributed by atoms with E-state index in [0.29, 0.717) is 6.04 Å². The molecule has 1 fully saturated rings. The smallest absolute Gasteiger partial charge is 0.0487 e. The van der Waals surface area contributed by atoms with Crippen LogP contribution in [0.2, 0.25) is 0 Å². The van der Waals surface area contributed by atoms with Crippen LogP contribution in [0.15, 0.2) is 47.3 Å². The maximum Gasteiger partial charge on any atom is 0.0487 e. The predicted molar refractivity (Wildman–Crippen MR) is 90.9 cm³/mol. The summed E-state index contributed by atoms with van der Waals surface area (Å²) in [5.41, 5.74) is 4.01. The van der Waals surface area contributed by atoms with Crippen molar-refractivity contribution in [1.29, 1.82) is 0 Å². The summed E-state index contributed by atoms with van der Waals surface area (Å²) in [7, 11) is 2.25. The fourth-order valence-corrected chi connectivity index (χ4v) is 4.05. The molecule has 0 amide bonds. The molecule has 1 aliphatic heterocycles. The minimum atomic E-state index is 0.686. The lowest BCUT2D eigenvalue weighted by atomic mass is 10.1. The molecule has 2 aromatic heterocycles. The summed E-state index contributed by atoms with van der Waals surface area (Å²) >= 11 is 1.76. The van der Waals surface area contributed by atoms with Crippen LogP contribution >= 0.6 is 11.3 Å². The van der Waals surface area contributed by atoms with Crippen LogP contribution in [0.3, 0.4) is 0 Å². The van der Waals surface area contributed by atoms with Crippen molar-refractivity contribution < 1.29 is 0 Å². The Labute approximate surface area is 129 Å². The molecular weight excluding hydrogens is 276 g/mol. The number of benzene rings is 1. The molecule has 1 atom stereocenters. The van der Waals surface area contributed by atoms with E-state index < -0.39 is 0 Å². The normalized spacial score (nSPS) is 19.6. The highest BCUT2D eigenvalue weighted by Crippen LogP contribution is 2.27. The summed E-state index contributed by atoms with van der Waals surface area (Å²) < 4.78 is 2.43. The highest BCUT2D eigenvalue weighted by molar-refractivity contribution is 7.08. The van der Waals surface area contributed by atoms with E-state index in [1.54, 1.807) is 11.3 Å². The van der Waals surface area contributed by atoms with Gasteiger partial charge in [-0.2, -0.15) is 11.3 Å². The molecule has 3 heteroatoms. The Hall–Kier alpha value is -1.58. The van der Waals surface area contributed by atoms with E-state index in [1.807, 2.05) is 0 Å². The van der Waals surface area contributed by atoms with Crippen molar-refractivity contribution in [3.63, 3.8) is 0 Å². The van der Waals surface area contributed by atoms with E-state index in [-0.39, 0.29) is 0 Å². The largest absolute Gasteiger partial charge is 0.346 e. The molecular formula is C18H20N2S. The van der Waals surface area contributed by atoms with Crippen molar-refractivity contribution in [2.45, 2.75) is 25.4 Å². The van der Waals surface area contributed by atoms with E-state index >= 15 is 0 Å². The monoisotopic (exact) mass is 296 g/mol. The van der Waals surface area contributed by atoms with Gasteiger partial charge in [-0.1, -0.05) is 12.1 Å². The molecule has 0 radical (unpaired) electrons. The third-order valence-electron chi connectivity index (χ3n) is 4.71. The first-order valence-corrected chi connectivity index (χ1v) is 8.57. The molecule has 0 unspecified atom stereocenters. The predicted octanol–water partition coefficient (Wildman–Crippen LogP) is 4.46. The van der Waals surface area contributed by atoms with Gasteiger partial charge >= 0.3 is 0 Å². The first kappa shape index (κ1) is 13.1. The zero-order chi connectivity index (χ0) is 14.2. The fraction of sp³-hybridized carbons (Fsp3) is 0.333. The number of likely N-dealkylation sites (N-methyl/N-ethyl adjacent to an activating group) is 1. The molecule has 1 aliphatic rings. The number of rotatable bonds is 3. The van der Waals surface area contributed by atoms with Crippen LogP contribution < -0.4 is 0 Å². The quantitative estimate of drug-likeness (QED) is 0.692. The average Bonchev–Trinajstić information content (AvgIpc) is 3.22. The Morgan fingerprint density at radius 1 is 1.19 bits per heavy atom. The minimum absolute atomic E-state index is 0.686. The van der Waals surface area contributed by atoms with Gasteiger partial charge in [0, 0.05) is 24.3 Å². The Balaban J connectivity index is 1.70. The van der Waals surface area contributed by atoms with E-state index in [1.165, 1.54) is 41.4 Å². The van der Waals surface area contributed by atoms with Gasteiger partial charge in [0.2, 0.25) is 0 Å². The van der Waals surface area contributed by atoms with Crippen molar-refractivity contribution in [3.8, 4) is 11.1 Å². The van der Waals surface area contributed by atoms with E-state index in [4.69, 9.17) is 0 Å². The fourth-order valence-electron chi connectivity index (χ4n) is 3.39.